The zero-order valence-electron chi connectivity index (χ0n) is 16.7. The van der Waals surface area contributed by atoms with Crippen molar-refractivity contribution in [3.05, 3.63) is 12.7 Å². The van der Waals surface area contributed by atoms with E-state index in [0.29, 0.717) is 12.8 Å². The average Bonchev–Trinajstić information content (AvgIpc) is 2.84. The molecule has 26 heavy (non-hydrogen) atoms. The third-order valence-corrected chi connectivity index (χ3v) is 3.54. The monoisotopic (exact) mass is 369 g/mol. The van der Waals surface area contributed by atoms with Crippen LogP contribution in [0.4, 0.5) is 4.79 Å². The molecule has 0 radical (unpaired) electrons. The van der Waals surface area contributed by atoms with Crippen LogP contribution < -0.4 is 0 Å². The summed E-state index contributed by atoms with van der Waals surface area (Å²) in [5.74, 6) is -0.946. The summed E-state index contributed by atoms with van der Waals surface area (Å²) in [6, 6.07) is -1.25. The standard InChI is InChI=1S/C19H31NO6/c1-8-11-24-16(22)14-10-9-13(12-15(21)25-18(2,3)4)20(14)17(23)26-19(5,6)7/h8,13-14H,1,9-12H2,2-7H3/t13-,14-/m0/s1. The molecule has 1 heterocycles. The van der Waals surface area contributed by atoms with Gasteiger partial charge in [0.25, 0.3) is 0 Å². The van der Waals surface area contributed by atoms with Crippen LogP contribution >= 0.6 is 0 Å². The van der Waals surface area contributed by atoms with Crippen molar-refractivity contribution >= 4 is 18.0 Å². The molecule has 0 aromatic rings. The molecule has 0 N–H and O–H groups in total. The second-order valence-electron chi connectivity index (χ2n) is 8.34. The van der Waals surface area contributed by atoms with Crippen molar-refractivity contribution in [3.8, 4) is 0 Å². The number of nitrogens with zero attached hydrogens (tertiary/aromatic N) is 1. The number of likely N-dealkylation sites (tertiary alicyclic amines) is 1. The number of hydrogen-bond acceptors (Lipinski definition) is 6. The predicted molar refractivity (Wildman–Crippen MR) is 96.5 cm³/mol. The van der Waals surface area contributed by atoms with Crippen molar-refractivity contribution in [1.29, 1.82) is 0 Å². The Morgan fingerprint density at radius 3 is 2.12 bits per heavy atom. The number of amides is 1. The summed E-state index contributed by atoms with van der Waals surface area (Å²) < 4.78 is 15.9. The quantitative estimate of drug-likeness (QED) is 0.420. The van der Waals surface area contributed by atoms with Crippen LogP contribution in [0.1, 0.15) is 60.8 Å². The van der Waals surface area contributed by atoms with Gasteiger partial charge in [0.05, 0.1) is 6.42 Å². The Labute approximate surface area is 155 Å². The minimum atomic E-state index is -0.780. The largest absolute Gasteiger partial charge is 0.460 e. The first-order chi connectivity index (χ1) is 11.8. The molecule has 0 unspecified atom stereocenters. The Bertz CT molecular complexity index is 543. The van der Waals surface area contributed by atoms with Crippen molar-refractivity contribution in [3.63, 3.8) is 0 Å². The van der Waals surface area contributed by atoms with Gasteiger partial charge in [-0.15, -0.1) is 0 Å². The highest BCUT2D eigenvalue weighted by Crippen LogP contribution is 2.30. The Morgan fingerprint density at radius 1 is 1.04 bits per heavy atom. The van der Waals surface area contributed by atoms with E-state index in [9.17, 15) is 14.4 Å². The number of carbonyl (C=O) groups excluding carboxylic acids is 3. The topological polar surface area (TPSA) is 82.1 Å². The zero-order chi connectivity index (χ0) is 20.1. The van der Waals surface area contributed by atoms with Crippen LogP contribution in [0.25, 0.3) is 0 Å². The summed E-state index contributed by atoms with van der Waals surface area (Å²) in [6.07, 6.45) is 1.73. The summed E-state index contributed by atoms with van der Waals surface area (Å²) in [6.45, 7) is 14.1. The minimum Gasteiger partial charge on any atom is -0.460 e. The fraction of sp³-hybridized carbons (Fsp3) is 0.737. The second-order valence-corrected chi connectivity index (χ2v) is 8.34. The van der Waals surface area contributed by atoms with E-state index in [1.807, 2.05) is 0 Å². The molecular formula is C19H31NO6. The molecule has 1 saturated heterocycles. The van der Waals surface area contributed by atoms with Gasteiger partial charge in [0.15, 0.2) is 0 Å². The molecule has 1 fully saturated rings. The molecule has 0 aromatic carbocycles. The van der Waals surface area contributed by atoms with Crippen molar-refractivity contribution in [2.24, 2.45) is 0 Å². The first-order valence-corrected chi connectivity index (χ1v) is 8.85. The lowest BCUT2D eigenvalue weighted by molar-refractivity contribution is -0.157. The molecule has 1 aliphatic rings. The Kier molecular flexibility index (Phi) is 7.24. The summed E-state index contributed by atoms with van der Waals surface area (Å²) >= 11 is 0. The minimum absolute atomic E-state index is 0.00174. The highest BCUT2D eigenvalue weighted by Gasteiger charge is 2.44. The third-order valence-electron chi connectivity index (χ3n) is 3.54. The predicted octanol–water partition coefficient (Wildman–Crippen LogP) is 3.22. The lowest BCUT2D eigenvalue weighted by Gasteiger charge is -2.31. The zero-order valence-corrected chi connectivity index (χ0v) is 16.7. The van der Waals surface area contributed by atoms with Crippen molar-refractivity contribution in [1.82, 2.24) is 4.90 Å². The SMILES string of the molecule is C=CCOC(=O)[C@@H]1CC[C@@H](CC(=O)OC(C)(C)C)N1C(=O)OC(C)(C)C. The van der Waals surface area contributed by atoms with Crippen molar-refractivity contribution < 1.29 is 28.6 Å². The molecule has 0 aromatic heterocycles. The maximum absolute atomic E-state index is 12.7. The molecular weight excluding hydrogens is 338 g/mol. The van der Waals surface area contributed by atoms with Gasteiger partial charge in [0.1, 0.15) is 23.9 Å². The molecule has 7 heteroatoms. The highest BCUT2D eigenvalue weighted by atomic mass is 16.6. The molecule has 2 atom stereocenters. The van der Waals surface area contributed by atoms with Crippen LogP contribution in [0.5, 0.6) is 0 Å². The Morgan fingerprint density at radius 2 is 1.62 bits per heavy atom. The van der Waals surface area contributed by atoms with E-state index in [-0.39, 0.29) is 13.0 Å². The van der Waals surface area contributed by atoms with Crippen LogP contribution in [-0.4, -0.2) is 52.8 Å². The van der Waals surface area contributed by atoms with E-state index in [0.717, 1.165) is 0 Å². The molecule has 7 nitrogen and oxygen atoms in total. The van der Waals surface area contributed by atoms with Gasteiger partial charge in [-0.2, -0.15) is 0 Å². The van der Waals surface area contributed by atoms with Gasteiger partial charge in [-0.1, -0.05) is 12.7 Å². The van der Waals surface area contributed by atoms with E-state index >= 15 is 0 Å². The second kappa shape index (κ2) is 8.56. The van der Waals surface area contributed by atoms with Crippen LogP contribution in [0.15, 0.2) is 12.7 Å². The van der Waals surface area contributed by atoms with Gasteiger partial charge >= 0.3 is 18.0 Å². The molecule has 0 saturated carbocycles. The first kappa shape index (κ1) is 22.0. The van der Waals surface area contributed by atoms with E-state index in [1.54, 1.807) is 41.5 Å². The number of rotatable bonds is 5. The van der Waals surface area contributed by atoms with Crippen LogP contribution in [0.3, 0.4) is 0 Å². The van der Waals surface area contributed by atoms with E-state index in [4.69, 9.17) is 14.2 Å². The summed E-state index contributed by atoms with van der Waals surface area (Å²) in [5.41, 5.74) is -1.33. The molecule has 0 aliphatic carbocycles. The van der Waals surface area contributed by atoms with Gasteiger partial charge in [-0.05, 0) is 54.4 Å². The summed E-state index contributed by atoms with van der Waals surface area (Å²) in [5, 5.41) is 0. The van der Waals surface area contributed by atoms with Crippen LogP contribution in [0.2, 0.25) is 0 Å². The fourth-order valence-electron chi connectivity index (χ4n) is 2.72. The number of carbonyl (C=O) groups is 3. The molecule has 148 valence electrons. The lowest BCUT2D eigenvalue weighted by atomic mass is 10.1. The fourth-order valence-corrected chi connectivity index (χ4v) is 2.72. The van der Waals surface area contributed by atoms with Crippen molar-refractivity contribution in [2.75, 3.05) is 6.61 Å². The number of ether oxygens (including phenoxy) is 3. The maximum atomic E-state index is 12.7. The highest BCUT2D eigenvalue weighted by molar-refractivity contribution is 5.83. The third kappa shape index (κ3) is 7.06. The molecule has 1 rings (SSSR count). The van der Waals surface area contributed by atoms with Gasteiger partial charge in [0.2, 0.25) is 0 Å². The lowest BCUT2D eigenvalue weighted by Crippen LogP contribution is -2.48. The molecule has 1 amide bonds. The van der Waals surface area contributed by atoms with E-state index < -0.39 is 41.3 Å². The van der Waals surface area contributed by atoms with Gasteiger partial charge in [0, 0.05) is 6.04 Å². The smallest absolute Gasteiger partial charge is 0.411 e. The van der Waals surface area contributed by atoms with Gasteiger partial charge in [-0.3, -0.25) is 9.69 Å². The first-order valence-electron chi connectivity index (χ1n) is 8.85. The average molecular weight is 369 g/mol. The van der Waals surface area contributed by atoms with E-state index in [2.05, 4.69) is 6.58 Å². The van der Waals surface area contributed by atoms with Crippen LogP contribution in [-0.2, 0) is 23.8 Å². The molecule has 0 bridgehead atoms. The van der Waals surface area contributed by atoms with E-state index in [1.165, 1.54) is 11.0 Å². The van der Waals surface area contributed by atoms with Gasteiger partial charge < -0.3 is 14.2 Å². The van der Waals surface area contributed by atoms with Gasteiger partial charge in [-0.25, -0.2) is 9.59 Å². The molecule has 0 spiro atoms. The number of esters is 2. The summed E-state index contributed by atoms with van der Waals surface area (Å²) in [7, 11) is 0. The Hall–Kier alpha value is -2.05. The van der Waals surface area contributed by atoms with Crippen molar-refractivity contribution in [2.45, 2.75) is 84.1 Å². The maximum Gasteiger partial charge on any atom is 0.411 e. The number of hydrogen-bond donors (Lipinski definition) is 0. The normalized spacial score (nSPS) is 20.5. The Balaban J connectivity index is 2.94. The van der Waals surface area contributed by atoms with Crippen LogP contribution in [0, 0.1) is 0 Å². The summed E-state index contributed by atoms with van der Waals surface area (Å²) in [4.78, 5) is 38.5. The molecule has 1 aliphatic heterocycles.